The number of nitrogens with zero attached hydrogens (tertiary/aromatic N) is 2. The molecule has 1 aromatic heterocycles. The van der Waals surface area contributed by atoms with Crippen LogP contribution in [0.4, 0.5) is 0 Å². The van der Waals surface area contributed by atoms with Gasteiger partial charge in [-0.3, -0.25) is 0 Å². The van der Waals surface area contributed by atoms with Gasteiger partial charge in [0.15, 0.2) is 0 Å². The maximum atomic E-state index is 5.94. The molecule has 0 N–H and O–H groups in total. The second kappa shape index (κ2) is 7.81. The summed E-state index contributed by atoms with van der Waals surface area (Å²) in [5.74, 6) is 0. The van der Waals surface area contributed by atoms with E-state index in [-0.39, 0.29) is 0 Å². The summed E-state index contributed by atoms with van der Waals surface area (Å²) < 4.78 is 7.92. The van der Waals surface area contributed by atoms with Gasteiger partial charge in [0.25, 0.3) is 0 Å². The van der Waals surface area contributed by atoms with Crippen molar-refractivity contribution in [2.75, 3.05) is 6.61 Å². The van der Waals surface area contributed by atoms with Gasteiger partial charge in [0.1, 0.15) is 6.73 Å². The van der Waals surface area contributed by atoms with E-state index in [0.29, 0.717) is 6.73 Å². The van der Waals surface area contributed by atoms with Crippen molar-refractivity contribution in [1.29, 1.82) is 0 Å². The highest BCUT2D eigenvalue weighted by Crippen LogP contribution is 2.26. The molecular weight excluding hydrogens is 324 g/mol. The number of hydrogen-bond donors (Lipinski definition) is 0. The lowest BCUT2D eigenvalue weighted by molar-refractivity contribution is 0.0799. The lowest BCUT2D eigenvalue weighted by Crippen LogP contribution is -2.22. The monoisotopic (exact) mass is 350 g/mol. The molecule has 3 nitrogen and oxygen atoms in total. The van der Waals surface area contributed by atoms with Crippen LogP contribution in [0.2, 0.25) is 25.7 Å². The highest BCUT2D eigenvalue weighted by Gasteiger charge is 2.14. The molecular formula is C21H26N2OSi. The third-order valence-electron chi connectivity index (χ3n) is 4.13. The van der Waals surface area contributed by atoms with Crippen LogP contribution in [0, 0.1) is 0 Å². The van der Waals surface area contributed by atoms with Gasteiger partial charge in [-0.05, 0) is 17.7 Å². The zero-order valence-electron chi connectivity index (χ0n) is 15.3. The first kappa shape index (κ1) is 17.6. The van der Waals surface area contributed by atoms with E-state index in [1.807, 2.05) is 28.9 Å². The molecule has 3 rings (SSSR count). The predicted octanol–water partition coefficient (Wildman–Crippen LogP) is 5.53. The third kappa shape index (κ3) is 4.90. The Hall–Kier alpha value is -2.17. The maximum Gasteiger partial charge on any atom is 0.140 e. The van der Waals surface area contributed by atoms with E-state index in [1.165, 1.54) is 6.04 Å². The summed E-state index contributed by atoms with van der Waals surface area (Å²) in [4.78, 5) is 0. The topological polar surface area (TPSA) is 27.1 Å². The van der Waals surface area contributed by atoms with Crippen LogP contribution in [0.15, 0.2) is 66.7 Å². The van der Waals surface area contributed by atoms with Crippen molar-refractivity contribution < 1.29 is 4.74 Å². The molecule has 0 aliphatic heterocycles. The second-order valence-corrected chi connectivity index (χ2v) is 13.1. The third-order valence-corrected chi connectivity index (χ3v) is 5.83. The number of benzene rings is 2. The molecule has 130 valence electrons. The fourth-order valence-corrected chi connectivity index (χ4v) is 3.39. The van der Waals surface area contributed by atoms with E-state index < -0.39 is 8.07 Å². The van der Waals surface area contributed by atoms with Crippen molar-refractivity contribution >= 4 is 8.07 Å². The zero-order valence-corrected chi connectivity index (χ0v) is 16.3. The molecule has 4 heteroatoms. The Morgan fingerprint density at radius 2 is 1.48 bits per heavy atom. The summed E-state index contributed by atoms with van der Waals surface area (Å²) >= 11 is 0. The van der Waals surface area contributed by atoms with Crippen LogP contribution in [0.25, 0.3) is 22.5 Å². The normalized spacial score (nSPS) is 11.6. The molecule has 0 aliphatic rings. The van der Waals surface area contributed by atoms with Gasteiger partial charge in [0, 0.05) is 20.2 Å². The molecule has 0 spiro atoms. The molecule has 0 unspecified atom stereocenters. The zero-order chi connectivity index (χ0) is 17.7. The second-order valence-electron chi connectivity index (χ2n) is 7.49. The van der Waals surface area contributed by atoms with Gasteiger partial charge in [-0.15, -0.1) is 0 Å². The minimum Gasteiger partial charge on any atom is -0.360 e. The Labute approximate surface area is 151 Å². The van der Waals surface area contributed by atoms with Crippen molar-refractivity contribution in [3.05, 3.63) is 66.7 Å². The van der Waals surface area contributed by atoms with Crippen molar-refractivity contribution in [3.63, 3.8) is 0 Å². The fraction of sp³-hybridized carbons (Fsp3) is 0.286. The molecule has 3 aromatic rings. The Morgan fingerprint density at radius 3 is 2.08 bits per heavy atom. The lowest BCUT2D eigenvalue weighted by Gasteiger charge is -2.16. The molecule has 0 amide bonds. The van der Waals surface area contributed by atoms with Crippen LogP contribution in [0.1, 0.15) is 0 Å². The minimum atomic E-state index is -1.08. The smallest absolute Gasteiger partial charge is 0.140 e. The Bertz CT molecular complexity index is 792. The van der Waals surface area contributed by atoms with Gasteiger partial charge in [-0.1, -0.05) is 80.3 Å². The summed E-state index contributed by atoms with van der Waals surface area (Å²) in [5, 5.41) is 4.79. The van der Waals surface area contributed by atoms with Crippen molar-refractivity contribution in [3.8, 4) is 22.5 Å². The molecule has 0 bridgehead atoms. The van der Waals surface area contributed by atoms with E-state index in [4.69, 9.17) is 9.84 Å². The van der Waals surface area contributed by atoms with Crippen LogP contribution in [-0.2, 0) is 11.5 Å². The first-order valence-corrected chi connectivity index (χ1v) is 12.5. The van der Waals surface area contributed by atoms with Crippen LogP contribution >= 0.6 is 0 Å². The van der Waals surface area contributed by atoms with E-state index in [9.17, 15) is 0 Å². The number of hydrogen-bond acceptors (Lipinski definition) is 2. The van der Waals surface area contributed by atoms with E-state index in [0.717, 1.165) is 29.1 Å². The Balaban J connectivity index is 1.83. The average molecular weight is 351 g/mol. The molecule has 0 radical (unpaired) electrons. The Kier molecular flexibility index (Phi) is 5.51. The summed E-state index contributed by atoms with van der Waals surface area (Å²) in [6.45, 7) is 8.39. The quantitative estimate of drug-likeness (QED) is 0.414. The van der Waals surface area contributed by atoms with E-state index >= 15 is 0 Å². The lowest BCUT2D eigenvalue weighted by atomic mass is 10.1. The summed E-state index contributed by atoms with van der Waals surface area (Å²) in [6.07, 6.45) is 0. The van der Waals surface area contributed by atoms with Gasteiger partial charge in [0.05, 0.1) is 11.4 Å². The standard InChI is InChI=1S/C21H26N2OSi/c1-25(2,3)15-14-24-17-23-21(19-12-8-5-9-13-19)16-20(22-23)18-10-6-4-7-11-18/h4-13,16H,14-15,17H2,1-3H3. The molecule has 1 heterocycles. The van der Waals surface area contributed by atoms with Crippen LogP contribution in [0.3, 0.4) is 0 Å². The van der Waals surface area contributed by atoms with Crippen molar-refractivity contribution in [2.24, 2.45) is 0 Å². The first-order valence-electron chi connectivity index (χ1n) is 8.79. The van der Waals surface area contributed by atoms with Crippen molar-refractivity contribution in [2.45, 2.75) is 32.4 Å². The van der Waals surface area contributed by atoms with Gasteiger partial charge >= 0.3 is 0 Å². The average Bonchev–Trinajstić information content (AvgIpc) is 3.04. The van der Waals surface area contributed by atoms with E-state index in [2.05, 4.69) is 62.1 Å². The largest absolute Gasteiger partial charge is 0.360 e. The van der Waals surface area contributed by atoms with Crippen LogP contribution in [0.5, 0.6) is 0 Å². The molecule has 0 fully saturated rings. The maximum absolute atomic E-state index is 5.94. The Morgan fingerprint density at radius 1 is 0.880 bits per heavy atom. The number of aromatic nitrogens is 2. The predicted molar refractivity (Wildman–Crippen MR) is 107 cm³/mol. The first-order chi connectivity index (χ1) is 12.0. The summed E-state index contributed by atoms with van der Waals surface area (Å²) in [7, 11) is -1.08. The highest BCUT2D eigenvalue weighted by atomic mass is 28.3. The number of rotatable bonds is 7. The number of ether oxygens (including phenoxy) is 1. The van der Waals surface area contributed by atoms with Gasteiger partial charge in [0.2, 0.25) is 0 Å². The van der Waals surface area contributed by atoms with Crippen molar-refractivity contribution in [1.82, 2.24) is 9.78 Å². The van der Waals surface area contributed by atoms with Gasteiger partial charge in [-0.25, -0.2) is 4.68 Å². The highest BCUT2D eigenvalue weighted by molar-refractivity contribution is 6.76. The summed E-state index contributed by atoms with van der Waals surface area (Å²) in [6, 6.07) is 24.0. The van der Waals surface area contributed by atoms with Gasteiger partial charge < -0.3 is 4.74 Å². The summed E-state index contributed by atoms with van der Waals surface area (Å²) in [5.41, 5.74) is 4.35. The molecule has 0 aliphatic carbocycles. The van der Waals surface area contributed by atoms with E-state index in [1.54, 1.807) is 0 Å². The molecule has 0 saturated heterocycles. The minimum absolute atomic E-state index is 0.488. The van der Waals surface area contributed by atoms with Crippen LogP contribution < -0.4 is 0 Å². The molecule has 0 saturated carbocycles. The van der Waals surface area contributed by atoms with Gasteiger partial charge in [-0.2, -0.15) is 5.10 Å². The molecule has 2 aromatic carbocycles. The molecule has 0 atom stereocenters. The molecule has 25 heavy (non-hydrogen) atoms. The fourth-order valence-electron chi connectivity index (χ4n) is 2.64. The SMILES string of the molecule is C[Si](C)(C)CCOCn1nc(-c2ccccc2)cc1-c1ccccc1. The van der Waals surface area contributed by atoms with Crippen LogP contribution in [-0.4, -0.2) is 24.5 Å².